The van der Waals surface area contributed by atoms with Crippen LogP contribution in [-0.4, -0.2) is 6.54 Å². The molecular formula is C13H17ClFN. The molecule has 0 saturated heterocycles. The molecule has 0 heterocycles. The zero-order valence-electron chi connectivity index (χ0n) is 9.47. The lowest BCUT2D eigenvalue weighted by atomic mass is 9.79. The molecule has 1 nitrogen and oxygen atoms in total. The Morgan fingerprint density at radius 2 is 2.19 bits per heavy atom. The Bertz CT molecular complexity index is 390. The molecule has 3 heteroatoms. The first-order valence-electron chi connectivity index (χ1n) is 5.69. The summed E-state index contributed by atoms with van der Waals surface area (Å²) in [6, 6.07) is 4.89. The van der Waals surface area contributed by atoms with Gasteiger partial charge in [-0.25, -0.2) is 4.39 Å². The summed E-state index contributed by atoms with van der Waals surface area (Å²) in [6.07, 6.45) is 3.16. The van der Waals surface area contributed by atoms with Crippen LogP contribution in [-0.2, 0) is 6.42 Å². The van der Waals surface area contributed by atoms with Crippen molar-refractivity contribution < 1.29 is 4.39 Å². The summed E-state index contributed by atoms with van der Waals surface area (Å²) in [4.78, 5) is 0. The molecule has 88 valence electrons. The summed E-state index contributed by atoms with van der Waals surface area (Å²) in [5, 5.41) is 0.446. The molecule has 1 saturated carbocycles. The third-order valence-electron chi connectivity index (χ3n) is 3.64. The van der Waals surface area contributed by atoms with E-state index >= 15 is 0 Å². The Labute approximate surface area is 101 Å². The first-order chi connectivity index (χ1) is 7.55. The van der Waals surface area contributed by atoms with Gasteiger partial charge in [0.05, 0.1) is 0 Å². The van der Waals surface area contributed by atoms with Gasteiger partial charge in [0.15, 0.2) is 0 Å². The maximum Gasteiger partial charge on any atom is 0.127 e. The van der Waals surface area contributed by atoms with Crippen LogP contribution in [0, 0.1) is 17.2 Å². The van der Waals surface area contributed by atoms with Crippen LogP contribution in [0.1, 0.15) is 25.3 Å². The van der Waals surface area contributed by atoms with Crippen LogP contribution in [0.3, 0.4) is 0 Å². The van der Waals surface area contributed by atoms with Crippen molar-refractivity contribution in [3.8, 4) is 0 Å². The van der Waals surface area contributed by atoms with Gasteiger partial charge in [0.1, 0.15) is 5.82 Å². The van der Waals surface area contributed by atoms with Crippen LogP contribution in [0.25, 0.3) is 0 Å². The quantitative estimate of drug-likeness (QED) is 0.859. The highest BCUT2D eigenvalue weighted by molar-refractivity contribution is 6.30. The van der Waals surface area contributed by atoms with Gasteiger partial charge in [0, 0.05) is 5.02 Å². The van der Waals surface area contributed by atoms with E-state index in [0.717, 1.165) is 5.56 Å². The smallest absolute Gasteiger partial charge is 0.127 e. The molecule has 0 aromatic heterocycles. The van der Waals surface area contributed by atoms with Gasteiger partial charge in [-0.15, -0.1) is 0 Å². The standard InChI is InChI=1S/C13H17ClFN/c1-13(8-16,10-3-4-10)7-9-2-5-11(14)6-12(9)15/h2,5-6,10H,3-4,7-8,16H2,1H3. The fourth-order valence-electron chi connectivity index (χ4n) is 2.26. The van der Waals surface area contributed by atoms with Gasteiger partial charge in [-0.05, 0) is 54.8 Å². The summed E-state index contributed by atoms with van der Waals surface area (Å²) in [7, 11) is 0. The van der Waals surface area contributed by atoms with Crippen molar-refractivity contribution in [1.82, 2.24) is 0 Å². The van der Waals surface area contributed by atoms with Gasteiger partial charge in [-0.3, -0.25) is 0 Å². The molecule has 0 amide bonds. The highest BCUT2D eigenvalue weighted by atomic mass is 35.5. The van der Waals surface area contributed by atoms with E-state index in [1.54, 1.807) is 12.1 Å². The lowest BCUT2D eigenvalue weighted by Gasteiger charge is -2.28. The lowest BCUT2D eigenvalue weighted by molar-refractivity contribution is 0.278. The minimum Gasteiger partial charge on any atom is -0.330 e. The zero-order valence-corrected chi connectivity index (χ0v) is 10.2. The molecule has 0 spiro atoms. The summed E-state index contributed by atoms with van der Waals surface area (Å²) in [5.74, 6) is 0.445. The van der Waals surface area contributed by atoms with E-state index in [1.165, 1.54) is 18.9 Å². The van der Waals surface area contributed by atoms with Crippen LogP contribution >= 0.6 is 11.6 Å². The molecule has 16 heavy (non-hydrogen) atoms. The van der Waals surface area contributed by atoms with Crippen molar-refractivity contribution >= 4 is 11.6 Å². The predicted molar refractivity (Wildman–Crippen MR) is 65.0 cm³/mol. The molecule has 0 bridgehead atoms. The number of halogens is 2. The molecule has 1 atom stereocenters. The Kier molecular flexibility index (Phi) is 3.22. The monoisotopic (exact) mass is 241 g/mol. The highest BCUT2D eigenvalue weighted by Crippen LogP contribution is 2.46. The maximum absolute atomic E-state index is 13.7. The van der Waals surface area contributed by atoms with E-state index in [4.69, 9.17) is 17.3 Å². The zero-order chi connectivity index (χ0) is 11.8. The number of benzene rings is 1. The first kappa shape index (κ1) is 11.9. The molecular weight excluding hydrogens is 225 g/mol. The molecule has 0 aliphatic heterocycles. The van der Waals surface area contributed by atoms with Crippen molar-refractivity contribution in [1.29, 1.82) is 0 Å². The van der Waals surface area contributed by atoms with Gasteiger partial charge in [0.25, 0.3) is 0 Å². The highest BCUT2D eigenvalue weighted by Gasteiger charge is 2.40. The summed E-state index contributed by atoms with van der Waals surface area (Å²) in [6.45, 7) is 2.76. The average Bonchev–Trinajstić information content (AvgIpc) is 3.06. The number of hydrogen-bond donors (Lipinski definition) is 1. The van der Waals surface area contributed by atoms with E-state index in [2.05, 4.69) is 6.92 Å². The van der Waals surface area contributed by atoms with Crippen LogP contribution in [0.15, 0.2) is 18.2 Å². The molecule has 1 aromatic rings. The molecule has 1 aliphatic carbocycles. The van der Waals surface area contributed by atoms with Crippen LogP contribution in [0.2, 0.25) is 5.02 Å². The third-order valence-corrected chi connectivity index (χ3v) is 3.87. The molecule has 1 aromatic carbocycles. The largest absolute Gasteiger partial charge is 0.330 e. The Morgan fingerprint density at radius 1 is 1.50 bits per heavy atom. The third kappa shape index (κ3) is 2.38. The van der Waals surface area contributed by atoms with E-state index in [-0.39, 0.29) is 11.2 Å². The van der Waals surface area contributed by atoms with Gasteiger partial charge >= 0.3 is 0 Å². The van der Waals surface area contributed by atoms with Crippen LogP contribution in [0.5, 0.6) is 0 Å². The fourth-order valence-corrected chi connectivity index (χ4v) is 2.42. The van der Waals surface area contributed by atoms with E-state index < -0.39 is 0 Å². The van der Waals surface area contributed by atoms with Gasteiger partial charge < -0.3 is 5.73 Å². The second-order valence-electron chi connectivity index (χ2n) is 5.04. The van der Waals surface area contributed by atoms with Gasteiger partial charge in [-0.2, -0.15) is 0 Å². The Balaban J connectivity index is 2.18. The van der Waals surface area contributed by atoms with Crippen molar-refractivity contribution in [2.45, 2.75) is 26.2 Å². The van der Waals surface area contributed by atoms with E-state index in [0.29, 0.717) is 23.9 Å². The van der Waals surface area contributed by atoms with Crippen molar-refractivity contribution in [3.05, 3.63) is 34.6 Å². The predicted octanol–water partition coefficient (Wildman–Crippen LogP) is 3.40. The van der Waals surface area contributed by atoms with Crippen molar-refractivity contribution in [3.63, 3.8) is 0 Å². The first-order valence-corrected chi connectivity index (χ1v) is 6.07. The van der Waals surface area contributed by atoms with Gasteiger partial charge in [0.2, 0.25) is 0 Å². The summed E-state index contributed by atoms with van der Waals surface area (Å²) in [5.41, 5.74) is 6.59. The van der Waals surface area contributed by atoms with Crippen molar-refractivity contribution in [2.75, 3.05) is 6.54 Å². The summed E-state index contributed by atoms with van der Waals surface area (Å²) < 4.78 is 13.7. The van der Waals surface area contributed by atoms with E-state index in [1.807, 2.05) is 0 Å². The normalized spacial score (nSPS) is 19.5. The average molecular weight is 242 g/mol. The van der Waals surface area contributed by atoms with E-state index in [9.17, 15) is 4.39 Å². The SMILES string of the molecule is CC(CN)(Cc1ccc(Cl)cc1F)C1CC1. The molecule has 1 fully saturated rings. The number of rotatable bonds is 4. The minimum atomic E-state index is -0.215. The second-order valence-corrected chi connectivity index (χ2v) is 5.48. The fraction of sp³-hybridized carbons (Fsp3) is 0.538. The molecule has 0 radical (unpaired) electrons. The Morgan fingerprint density at radius 3 is 2.69 bits per heavy atom. The maximum atomic E-state index is 13.7. The lowest BCUT2D eigenvalue weighted by Crippen LogP contribution is -2.32. The van der Waals surface area contributed by atoms with Crippen LogP contribution < -0.4 is 5.73 Å². The molecule has 1 unspecified atom stereocenters. The summed E-state index contributed by atoms with van der Waals surface area (Å²) >= 11 is 5.73. The van der Waals surface area contributed by atoms with Crippen molar-refractivity contribution in [2.24, 2.45) is 17.1 Å². The molecule has 1 aliphatic rings. The second kappa shape index (κ2) is 4.34. The number of nitrogens with two attached hydrogens (primary N) is 1. The van der Waals surface area contributed by atoms with Gasteiger partial charge in [-0.1, -0.05) is 24.6 Å². The minimum absolute atomic E-state index is 0.0364. The molecule has 2 N–H and O–H groups in total. The Hall–Kier alpha value is -0.600. The molecule has 2 rings (SSSR count). The number of hydrogen-bond acceptors (Lipinski definition) is 1. The van der Waals surface area contributed by atoms with Crippen LogP contribution in [0.4, 0.5) is 4.39 Å². The topological polar surface area (TPSA) is 26.0 Å².